The van der Waals surface area contributed by atoms with Gasteiger partial charge in [-0.05, 0) is 30.5 Å². The van der Waals surface area contributed by atoms with E-state index in [4.69, 9.17) is 4.74 Å². The van der Waals surface area contributed by atoms with Crippen molar-refractivity contribution in [3.05, 3.63) is 53.3 Å². The Morgan fingerprint density at radius 3 is 2.67 bits per heavy atom. The smallest absolute Gasteiger partial charge is 0.258 e. The quantitative estimate of drug-likeness (QED) is 0.678. The Morgan fingerprint density at radius 2 is 1.88 bits per heavy atom. The van der Waals surface area contributed by atoms with E-state index in [0.717, 1.165) is 31.6 Å². The molecular formula is C18H17N3O3. The molecule has 4 rings (SSSR count). The maximum atomic E-state index is 12.2. The fourth-order valence-corrected chi connectivity index (χ4v) is 3.16. The molecule has 0 unspecified atom stereocenters. The number of carbonyl (C=O) groups is 2. The van der Waals surface area contributed by atoms with Crippen LogP contribution in [0, 0.1) is 0 Å². The summed E-state index contributed by atoms with van der Waals surface area (Å²) in [6.07, 6.45) is 7.35. The molecule has 1 N–H and O–H groups in total. The molecule has 0 spiro atoms. The van der Waals surface area contributed by atoms with Crippen molar-refractivity contribution >= 4 is 23.5 Å². The zero-order chi connectivity index (χ0) is 16.5. The molecule has 1 saturated heterocycles. The zero-order valence-electron chi connectivity index (χ0n) is 13.1. The second kappa shape index (κ2) is 6.05. The maximum absolute atomic E-state index is 12.2. The van der Waals surface area contributed by atoms with Gasteiger partial charge in [0.1, 0.15) is 0 Å². The summed E-state index contributed by atoms with van der Waals surface area (Å²) in [6.45, 7) is 1.50. The highest BCUT2D eigenvalue weighted by Crippen LogP contribution is 2.27. The Kier molecular flexibility index (Phi) is 3.74. The van der Waals surface area contributed by atoms with Crippen molar-refractivity contribution in [2.75, 3.05) is 13.2 Å². The van der Waals surface area contributed by atoms with E-state index in [1.807, 2.05) is 16.9 Å². The van der Waals surface area contributed by atoms with Crippen molar-refractivity contribution in [1.29, 1.82) is 0 Å². The van der Waals surface area contributed by atoms with Crippen LogP contribution < -0.4 is 5.32 Å². The van der Waals surface area contributed by atoms with Crippen LogP contribution in [-0.2, 0) is 9.53 Å². The molecule has 2 aliphatic heterocycles. The number of ether oxygens (including phenoxy) is 1. The van der Waals surface area contributed by atoms with E-state index in [1.54, 1.807) is 30.5 Å². The van der Waals surface area contributed by atoms with Crippen molar-refractivity contribution < 1.29 is 14.3 Å². The minimum atomic E-state index is -0.377. The zero-order valence-corrected chi connectivity index (χ0v) is 13.1. The third kappa shape index (κ3) is 2.65. The van der Waals surface area contributed by atoms with Crippen LogP contribution in [0.4, 0.5) is 0 Å². The molecule has 1 aromatic carbocycles. The summed E-state index contributed by atoms with van der Waals surface area (Å²) in [5.41, 5.74) is 2.50. The van der Waals surface area contributed by atoms with Gasteiger partial charge < -0.3 is 4.74 Å². The second-order valence-electron chi connectivity index (χ2n) is 5.98. The van der Waals surface area contributed by atoms with Crippen LogP contribution in [0.25, 0.3) is 11.6 Å². The molecular weight excluding hydrogens is 306 g/mol. The largest absolute Gasteiger partial charge is 0.381 e. The summed E-state index contributed by atoms with van der Waals surface area (Å²) < 4.78 is 7.31. The average molecular weight is 323 g/mol. The molecule has 122 valence electrons. The highest BCUT2D eigenvalue weighted by Gasteiger charge is 2.26. The molecule has 0 aliphatic carbocycles. The van der Waals surface area contributed by atoms with E-state index in [-0.39, 0.29) is 11.8 Å². The van der Waals surface area contributed by atoms with Gasteiger partial charge in [-0.25, -0.2) is 0 Å². The molecule has 6 nitrogen and oxygen atoms in total. The Morgan fingerprint density at radius 1 is 1.12 bits per heavy atom. The summed E-state index contributed by atoms with van der Waals surface area (Å²) in [5, 5.41) is 6.81. The highest BCUT2D eigenvalue weighted by atomic mass is 16.5. The highest BCUT2D eigenvalue weighted by molar-refractivity contribution is 6.33. The standard InChI is InChI=1S/C18H17N3O3/c22-17-15-4-2-1-3-14(15)16(18(23)20-17)9-12-10-19-21(11-12)13-5-7-24-8-6-13/h1-4,9-11,13H,5-8H2,(H,20,22,23)/b16-9+. The minimum absolute atomic E-state index is 0.333. The fraction of sp³-hybridized carbons (Fsp3) is 0.278. The molecule has 0 bridgehead atoms. The van der Waals surface area contributed by atoms with E-state index in [0.29, 0.717) is 22.7 Å². The number of hydrogen-bond donors (Lipinski definition) is 1. The van der Waals surface area contributed by atoms with E-state index in [9.17, 15) is 9.59 Å². The predicted molar refractivity (Wildman–Crippen MR) is 88.1 cm³/mol. The Labute approximate surface area is 139 Å². The Bertz CT molecular complexity index is 832. The molecule has 3 heterocycles. The van der Waals surface area contributed by atoms with Gasteiger partial charge in [-0.3, -0.25) is 19.6 Å². The second-order valence-corrected chi connectivity index (χ2v) is 5.98. The van der Waals surface area contributed by atoms with Crippen LogP contribution in [0.1, 0.15) is 40.4 Å². The van der Waals surface area contributed by atoms with Gasteiger partial charge in [0, 0.05) is 36.1 Å². The van der Waals surface area contributed by atoms with E-state index in [1.165, 1.54) is 0 Å². The van der Waals surface area contributed by atoms with Gasteiger partial charge >= 0.3 is 0 Å². The van der Waals surface area contributed by atoms with Crippen molar-refractivity contribution in [3.63, 3.8) is 0 Å². The topological polar surface area (TPSA) is 73.2 Å². The van der Waals surface area contributed by atoms with Crippen LogP contribution in [0.15, 0.2) is 36.7 Å². The summed E-state index contributed by atoms with van der Waals surface area (Å²) in [7, 11) is 0. The van der Waals surface area contributed by atoms with E-state index < -0.39 is 0 Å². The number of imide groups is 1. The first-order valence-electron chi connectivity index (χ1n) is 8.01. The number of benzene rings is 1. The van der Waals surface area contributed by atoms with E-state index >= 15 is 0 Å². The summed E-state index contributed by atoms with van der Waals surface area (Å²) >= 11 is 0. The molecule has 0 radical (unpaired) electrons. The number of nitrogens with zero attached hydrogens (tertiary/aromatic N) is 2. The molecule has 6 heteroatoms. The lowest BCUT2D eigenvalue weighted by Gasteiger charge is -2.22. The molecule has 0 saturated carbocycles. The van der Waals surface area contributed by atoms with Gasteiger partial charge in [0.05, 0.1) is 12.2 Å². The third-order valence-corrected chi connectivity index (χ3v) is 4.43. The van der Waals surface area contributed by atoms with Gasteiger partial charge in [0.25, 0.3) is 11.8 Å². The first-order chi connectivity index (χ1) is 11.7. The fourth-order valence-electron chi connectivity index (χ4n) is 3.16. The SMILES string of the molecule is O=C1NC(=O)c2ccccc2/C1=C\c1cnn(C2CCOCC2)c1. The molecule has 24 heavy (non-hydrogen) atoms. The van der Waals surface area contributed by atoms with E-state index in [2.05, 4.69) is 10.4 Å². The molecule has 2 aromatic rings. The Hall–Kier alpha value is -2.73. The number of carbonyl (C=O) groups excluding carboxylic acids is 2. The van der Waals surface area contributed by atoms with Gasteiger partial charge in [0.2, 0.25) is 0 Å². The lowest BCUT2D eigenvalue weighted by atomic mass is 9.94. The van der Waals surface area contributed by atoms with Crippen molar-refractivity contribution in [2.24, 2.45) is 0 Å². The van der Waals surface area contributed by atoms with Crippen molar-refractivity contribution in [3.8, 4) is 0 Å². The molecule has 0 atom stereocenters. The molecule has 2 aliphatic rings. The predicted octanol–water partition coefficient (Wildman–Crippen LogP) is 2.05. The summed E-state index contributed by atoms with van der Waals surface area (Å²) in [6, 6.07) is 7.45. The van der Waals surface area contributed by atoms with Gasteiger partial charge in [-0.2, -0.15) is 5.10 Å². The first kappa shape index (κ1) is 14.8. The summed E-state index contributed by atoms with van der Waals surface area (Å²) in [4.78, 5) is 24.2. The number of aromatic nitrogens is 2. The lowest BCUT2D eigenvalue weighted by Crippen LogP contribution is -2.36. The minimum Gasteiger partial charge on any atom is -0.381 e. The molecule has 2 amide bonds. The van der Waals surface area contributed by atoms with Crippen LogP contribution in [-0.4, -0.2) is 34.8 Å². The van der Waals surface area contributed by atoms with Crippen LogP contribution >= 0.6 is 0 Å². The summed E-state index contributed by atoms with van der Waals surface area (Å²) in [5.74, 6) is -0.733. The number of rotatable bonds is 2. The van der Waals surface area contributed by atoms with Crippen LogP contribution in [0.3, 0.4) is 0 Å². The number of fused-ring (bicyclic) bond motifs is 1. The average Bonchev–Trinajstić information content (AvgIpc) is 3.08. The van der Waals surface area contributed by atoms with Crippen LogP contribution in [0.2, 0.25) is 0 Å². The van der Waals surface area contributed by atoms with Gasteiger partial charge in [0.15, 0.2) is 0 Å². The number of hydrogen-bond acceptors (Lipinski definition) is 4. The van der Waals surface area contributed by atoms with Crippen LogP contribution in [0.5, 0.6) is 0 Å². The lowest BCUT2D eigenvalue weighted by molar-refractivity contribution is -0.114. The Balaban J connectivity index is 1.68. The normalized spacial score (nSPS) is 20.1. The van der Waals surface area contributed by atoms with Gasteiger partial charge in [-0.1, -0.05) is 18.2 Å². The third-order valence-electron chi connectivity index (χ3n) is 4.43. The molecule has 1 fully saturated rings. The van der Waals surface area contributed by atoms with Gasteiger partial charge in [-0.15, -0.1) is 0 Å². The van der Waals surface area contributed by atoms with Crippen molar-refractivity contribution in [2.45, 2.75) is 18.9 Å². The first-order valence-corrected chi connectivity index (χ1v) is 8.01. The number of nitrogens with one attached hydrogen (secondary N) is 1. The number of amides is 2. The van der Waals surface area contributed by atoms with Crippen molar-refractivity contribution in [1.82, 2.24) is 15.1 Å². The monoisotopic (exact) mass is 323 g/mol. The molecule has 1 aromatic heterocycles. The maximum Gasteiger partial charge on any atom is 0.258 e.